The van der Waals surface area contributed by atoms with E-state index in [0.29, 0.717) is 24.3 Å². The smallest absolute Gasteiger partial charge is 0.217 e. The maximum absolute atomic E-state index is 10.8. The second-order valence-electron chi connectivity index (χ2n) is 3.99. The van der Waals surface area contributed by atoms with Gasteiger partial charge in [0.2, 0.25) is 5.91 Å². The first kappa shape index (κ1) is 9.52. The number of amides is 1. The van der Waals surface area contributed by atoms with Gasteiger partial charge < -0.3 is 10.6 Å². The largest absolute Gasteiger partial charge is 0.370 e. The molecule has 2 N–H and O–H groups in total. The molecular weight excluding hydrogens is 152 g/mol. The predicted octanol–water partition coefficient (Wildman–Crippen LogP) is 0.448. The van der Waals surface area contributed by atoms with E-state index in [-0.39, 0.29) is 5.91 Å². The minimum atomic E-state index is -0.172. The molecule has 0 aromatic heterocycles. The van der Waals surface area contributed by atoms with Crippen molar-refractivity contribution in [3.63, 3.8) is 0 Å². The van der Waals surface area contributed by atoms with Gasteiger partial charge in [0.05, 0.1) is 0 Å². The summed E-state index contributed by atoms with van der Waals surface area (Å²) in [5, 5.41) is 0. The van der Waals surface area contributed by atoms with Crippen LogP contribution in [0.4, 0.5) is 0 Å². The highest BCUT2D eigenvalue weighted by molar-refractivity contribution is 5.74. The molecule has 0 spiro atoms. The molecule has 12 heavy (non-hydrogen) atoms. The molecule has 1 saturated heterocycles. The van der Waals surface area contributed by atoms with E-state index in [0.717, 1.165) is 6.54 Å². The van der Waals surface area contributed by atoms with Gasteiger partial charge in [-0.05, 0) is 25.8 Å². The number of carbonyl (C=O) groups excluding carboxylic acids is 1. The van der Waals surface area contributed by atoms with E-state index in [1.165, 1.54) is 0 Å². The van der Waals surface area contributed by atoms with Gasteiger partial charge in [-0.2, -0.15) is 0 Å². The van der Waals surface area contributed by atoms with Gasteiger partial charge in [0, 0.05) is 19.0 Å². The number of nitrogens with two attached hydrogens (primary N) is 1. The van der Waals surface area contributed by atoms with Crippen LogP contribution in [0.1, 0.15) is 20.3 Å². The summed E-state index contributed by atoms with van der Waals surface area (Å²) in [5.41, 5.74) is 5.18. The fraction of sp³-hybridized carbons (Fsp3) is 0.889. The second-order valence-corrected chi connectivity index (χ2v) is 3.99. The van der Waals surface area contributed by atoms with Crippen molar-refractivity contribution in [3.05, 3.63) is 0 Å². The second kappa shape index (κ2) is 3.44. The van der Waals surface area contributed by atoms with E-state index < -0.39 is 0 Å². The first-order chi connectivity index (χ1) is 5.52. The summed E-state index contributed by atoms with van der Waals surface area (Å²) in [6, 6.07) is 0.493. The van der Waals surface area contributed by atoms with E-state index in [1.807, 2.05) is 0 Å². The Morgan fingerprint density at radius 3 is 2.50 bits per heavy atom. The molecule has 1 fully saturated rings. The molecule has 0 aromatic rings. The fourth-order valence-corrected chi connectivity index (χ4v) is 2.16. The van der Waals surface area contributed by atoms with Crippen LogP contribution in [0.15, 0.2) is 0 Å². The maximum atomic E-state index is 10.8. The van der Waals surface area contributed by atoms with E-state index >= 15 is 0 Å². The monoisotopic (exact) mass is 170 g/mol. The molecule has 0 bridgehead atoms. The van der Waals surface area contributed by atoms with Gasteiger partial charge in [0.15, 0.2) is 0 Å². The van der Waals surface area contributed by atoms with Crippen LogP contribution in [0.5, 0.6) is 0 Å². The van der Waals surface area contributed by atoms with Crippen molar-refractivity contribution in [1.82, 2.24) is 4.90 Å². The van der Waals surface area contributed by atoms with Crippen LogP contribution < -0.4 is 5.73 Å². The van der Waals surface area contributed by atoms with Crippen molar-refractivity contribution < 1.29 is 4.79 Å². The zero-order valence-corrected chi connectivity index (χ0v) is 8.08. The summed E-state index contributed by atoms with van der Waals surface area (Å²) in [6.45, 7) is 5.43. The minimum Gasteiger partial charge on any atom is -0.370 e. The molecule has 3 atom stereocenters. The van der Waals surface area contributed by atoms with Crippen LogP contribution in [0.25, 0.3) is 0 Å². The molecule has 1 rings (SSSR count). The number of rotatable bonds is 2. The molecule has 70 valence electrons. The maximum Gasteiger partial charge on any atom is 0.217 e. The predicted molar refractivity (Wildman–Crippen MR) is 48.6 cm³/mol. The van der Waals surface area contributed by atoms with E-state index in [2.05, 4.69) is 25.8 Å². The quantitative estimate of drug-likeness (QED) is 0.654. The third kappa shape index (κ3) is 1.78. The van der Waals surface area contributed by atoms with Crippen molar-refractivity contribution in [2.75, 3.05) is 13.6 Å². The molecular formula is C9H18N2O. The molecule has 0 radical (unpaired) electrons. The SMILES string of the molecule is CC1CN(C)C(C)C1CC(N)=O. The molecule has 0 saturated carbocycles. The van der Waals surface area contributed by atoms with Crippen LogP contribution in [0.3, 0.4) is 0 Å². The third-order valence-corrected chi connectivity index (χ3v) is 3.06. The summed E-state index contributed by atoms with van der Waals surface area (Å²) >= 11 is 0. The molecule has 0 aliphatic carbocycles. The Morgan fingerprint density at radius 2 is 2.17 bits per heavy atom. The van der Waals surface area contributed by atoms with Crippen LogP contribution >= 0.6 is 0 Å². The molecule has 1 aliphatic rings. The lowest BCUT2D eigenvalue weighted by molar-refractivity contribution is -0.119. The lowest BCUT2D eigenvalue weighted by Gasteiger charge is -2.20. The Kier molecular flexibility index (Phi) is 2.73. The average molecular weight is 170 g/mol. The van der Waals surface area contributed by atoms with Crippen molar-refractivity contribution >= 4 is 5.91 Å². The lowest BCUT2D eigenvalue weighted by atomic mass is 9.89. The van der Waals surface area contributed by atoms with Crippen LogP contribution in [0.2, 0.25) is 0 Å². The molecule has 3 unspecified atom stereocenters. The average Bonchev–Trinajstić information content (AvgIpc) is 2.16. The van der Waals surface area contributed by atoms with Crippen molar-refractivity contribution in [2.24, 2.45) is 17.6 Å². The highest BCUT2D eigenvalue weighted by Gasteiger charge is 2.34. The normalized spacial score (nSPS) is 37.1. The lowest BCUT2D eigenvalue weighted by Crippen LogP contribution is -2.29. The van der Waals surface area contributed by atoms with E-state index in [1.54, 1.807) is 0 Å². The standard InChI is InChI=1S/C9H18N2O/c1-6-5-11(3)7(2)8(6)4-9(10)12/h6-8H,4-5H2,1-3H3,(H2,10,12). The molecule has 3 nitrogen and oxygen atoms in total. The fourth-order valence-electron chi connectivity index (χ4n) is 2.16. The van der Waals surface area contributed by atoms with Crippen molar-refractivity contribution in [3.8, 4) is 0 Å². The summed E-state index contributed by atoms with van der Waals surface area (Å²) < 4.78 is 0. The zero-order valence-electron chi connectivity index (χ0n) is 8.08. The number of nitrogens with zero attached hydrogens (tertiary/aromatic N) is 1. The number of hydrogen-bond donors (Lipinski definition) is 1. The van der Waals surface area contributed by atoms with Gasteiger partial charge in [0.25, 0.3) is 0 Å². The summed E-state index contributed by atoms with van der Waals surface area (Å²) in [5.74, 6) is 0.874. The highest BCUT2D eigenvalue weighted by atomic mass is 16.1. The number of carbonyl (C=O) groups is 1. The van der Waals surface area contributed by atoms with Gasteiger partial charge in [-0.3, -0.25) is 4.79 Å². The van der Waals surface area contributed by atoms with Gasteiger partial charge in [-0.1, -0.05) is 6.92 Å². The molecule has 0 aromatic carbocycles. The van der Waals surface area contributed by atoms with E-state index in [9.17, 15) is 4.79 Å². The first-order valence-corrected chi connectivity index (χ1v) is 4.51. The van der Waals surface area contributed by atoms with Crippen molar-refractivity contribution in [2.45, 2.75) is 26.3 Å². The Labute approximate surface area is 73.9 Å². The molecule has 1 heterocycles. The van der Waals surface area contributed by atoms with Crippen LogP contribution in [-0.2, 0) is 4.79 Å². The summed E-state index contributed by atoms with van der Waals surface area (Å²) in [4.78, 5) is 13.0. The Balaban J connectivity index is 2.57. The molecule has 1 aliphatic heterocycles. The molecule has 1 amide bonds. The summed E-state index contributed by atoms with van der Waals surface area (Å²) in [7, 11) is 2.10. The van der Waals surface area contributed by atoms with Gasteiger partial charge in [0.1, 0.15) is 0 Å². The van der Waals surface area contributed by atoms with Gasteiger partial charge >= 0.3 is 0 Å². The Morgan fingerprint density at radius 1 is 1.58 bits per heavy atom. The van der Waals surface area contributed by atoms with Crippen LogP contribution in [-0.4, -0.2) is 30.4 Å². The van der Waals surface area contributed by atoms with E-state index in [4.69, 9.17) is 5.73 Å². The molecule has 3 heteroatoms. The highest BCUT2D eigenvalue weighted by Crippen LogP contribution is 2.30. The van der Waals surface area contributed by atoms with Crippen LogP contribution in [0, 0.1) is 11.8 Å². The third-order valence-electron chi connectivity index (χ3n) is 3.06. The number of primary amides is 1. The summed E-state index contributed by atoms with van der Waals surface area (Å²) in [6.07, 6.45) is 0.534. The Hall–Kier alpha value is -0.570. The minimum absolute atomic E-state index is 0.172. The van der Waals surface area contributed by atoms with Gasteiger partial charge in [-0.25, -0.2) is 0 Å². The van der Waals surface area contributed by atoms with Crippen molar-refractivity contribution in [1.29, 1.82) is 0 Å². The topological polar surface area (TPSA) is 46.3 Å². The zero-order chi connectivity index (χ0) is 9.30. The number of hydrogen-bond acceptors (Lipinski definition) is 2. The Bertz CT molecular complexity index is 181. The number of likely N-dealkylation sites (tertiary alicyclic amines) is 1. The first-order valence-electron chi connectivity index (χ1n) is 4.51. The van der Waals surface area contributed by atoms with Gasteiger partial charge in [-0.15, -0.1) is 0 Å².